The molecule has 0 atom stereocenters. The van der Waals surface area contributed by atoms with Crippen LogP contribution in [0.4, 0.5) is 5.82 Å². The summed E-state index contributed by atoms with van der Waals surface area (Å²) in [5, 5.41) is 12.9. The molecule has 1 heterocycles. The summed E-state index contributed by atoms with van der Waals surface area (Å²) in [7, 11) is 0. The van der Waals surface area contributed by atoms with Crippen molar-refractivity contribution < 1.29 is 9.90 Å². The molecule has 1 aromatic heterocycles. The molecule has 5 nitrogen and oxygen atoms in total. The summed E-state index contributed by atoms with van der Waals surface area (Å²) in [5.41, 5.74) is 6.56. The lowest BCUT2D eigenvalue weighted by atomic mass is 9.91. The van der Waals surface area contributed by atoms with Gasteiger partial charge in [0.25, 0.3) is 0 Å². The Hall–Kier alpha value is -3.99. The maximum atomic E-state index is 12.9. The Balaban J connectivity index is 0.00000141. The fraction of sp³-hybridized carbons (Fsp3) is 0.233. The molecule has 0 saturated carbocycles. The van der Waals surface area contributed by atoms with E-state index in [0.717, 1.165) is 40.1 Å². The van der Waals surface area contributed by atoms with E-state index in [4.69, 9.17) is 9.97 Å². The number of phenols is 1. The zero-order chi connectivity index (χ0) is 24.8. The van der Waals surface area contributed by atoms with Gasteiger partial charge in [0.05, 0.1) is 23.5 Å². The van der Waals surface area contributed by atoms with Crippen molar-refractivity contribution in [2.75, 3.05) is 5.32 Å². The van der Waals surface area contributed by atoms with Gasteiger partial charge in [-0.15, -0.1) is 0 Å². The van der Waals surface area contributed by atoms with E-state index >= 15 is 0 Å². The van der Waals surface area contributed by atoms with E-state index in [-0.39, 0.29) is 24.0 Å². The van der Waals surface area contributed by atoms with Crippen LogP contribution in [-0.2, 0) is 24.1 Å². The van der Waals surface area contributed by atoms with Crippen LogP contribution in [0, 0.1) is 6.92 Å². The molecule has 0 radical (unpaired) electrons. The molecule has 2 aromatic carbocycles. The topological polar surface area (TPSA) is 75.1 Å². The Labute approximate surface area is 207 Å². The number of fused-ring (bicyclic) bond motifs is 3. The first-order valence-corrected chi connectivity index (χ1v) is 12.2. The summed E-state index contributed by atoms with van der Waals surface area (Å²) in [4.78, 5) is 22.8. The zero-order valence-corrected chi connectivity index (χ0v) is 20.5. The fourth-order valence-electron chi connectivity index (χ4n) is 4.28. The van der Waals surface area contributed by atoms with Crippen LogP contribution < -0.4 is 5.32 Å². The third-order valence-corrected chi connectivity index (χ3v) is 6.00. The average molecular weight is 466 g/mol. The first-order chi connectivity index (χ1) is 17.1. The fourth-order valence-corrected chi connectivity index (χ4v) is 4.28. The van der Waals surface area contributed by atoms with Crippen molar-refractivity contribution >= 4 is 11.7 Å². The predicted octanol–water partition coefficient (Wildman–Crippen LogP) is 6.23. The molecule has 0 unspecified atom stereocenters. The molecule has 2 N–H and O–H groups in total. The van der Waals surface area contributed by atoms with E-state index in [0.29, 0.717) is 17.9 Å². The number of nitrogens with zero attached hydrogens (tertiary/aromatic N) is 2. The minimum absolute atomic E-state index is 0.116. The molecule has 2 aliphatic carbocycles. The highest BCUT2D eigenvalue weighted by atomic mass is 16.3. The first kappa shape index (κ1) is 24.1. The number of carbonyl (C=O) groups excluding carboxylic acids is 1. The van der Waals surface area contributed by atoms with E-state index < -0.39 is 0 Å². The molecular formula is C30H31N3O2. The average Bonchev–Trinajstić information content (AvgIpc) is 3.15. The van der Waals surface area contributed by atoms with Crippen molar-refractivity contribution in [2.45, 2.75) is 46.0 Å². The van der Waals surface area contributed by atoms with E-state index in [1.54, 1.807) is 12.1 Å². The monoisotopic (exact) mass is 465 g/mol. The minimum atomic E-state index is -0.116. The van der Waals surface area contributed by atoms with Crippen molar-refractivity contribution in [2.24, 2.45) is 0 Å². The van der Waals surface area contributed by atoms with Gasteiger partial charge < -0.3 is 10.4 Å². The van der Waals surface area contributed by atoms with E-state index in [2.05, 4.69) is 5.32 Å². The van der Waals surface area contributed by atoms with Gasteiger partial charge in [0.15, 0.2) is 5.82 Å². The molecule has 5 rings (SSSR count). The third kappa shape index (κ3) is 5.57. The Morgan fingerprint density at radius 1 is 0.971 bits per heavy atom. The highest BCUT2D eigenvalue weighted by Gasteiger charge is 2.25. The number of phenolic OH excluding ortho intramolecular Hbond substituents is 1. The lowest BCUT2D eigenvalue weighted by Gasteiger charge is -2.22. The van der Waals surface area contributed by atoms with Gasteiger partial charge in [-0.1, -0.05) is 80.1 Å². The minimum Gasteiger partial charge on any atom is -0.508 e. The molecule has 0 saturated heterocycles. The number of rotatable bonds is 4. The lowest BCUT2D eigenvalue weighted by molar-refractivity contribution is -0.115. The third-order valence-electron chi connectivity index (χ3n) is 6.00. The molecule has 1 amide bonds. The molecule has 5 heteroatoms. The van der Waals surface area contributed by atoms with Crippen LogP contribution in [0.5, 0.6) is 5.75 Å². The van der Waals surface area contributed by atoms with Crippen molar-refractivity contribution in [3.8, 4) is 17.0 Å². The molecule has 3 aromatic rings. The summed E-state index contributed by atoms with van der Waals surface area (Å²) in [5.74, 6) is 0.533. The van der Waals surface area contributed by atoms with Crippen LogP contribution in [0.15, 0.2) is 78.9 Å². The number of hydrogen-bond donors (Lipinski definition) is 2. The number of benzene rings is 2. The Kier molecular flexibility index (Phi) is 7.56. The molecule has 2 aliphatic rings. The molecule has 35 heavy (non-hydrogen) atoms. The highest BCUT2D eigenvalue weighted by Crippen LogP contribution is 2.36. The molecule has 0 spiro atoms. The molecule has 178 valence electrons. The van der Waals surface area contributed by atoms with Crippen molar-refractivity contribution in [3.63, 3.8) is 0 Å². The maximum Gasteiger partial charge on any atom is 0.229 e. The maximum absolute atomic E-state index is 12.9. The summed E-state index contributed by atoms with van der Waals surface area (Å²) in [6.45, 7) is 6.03. The highest BCUT2D eigenvalue weighted by molar-refractivity contribution is 5.92. The Bertz CT molecular complexity index is 1290. The van der Waals surface area contributed by atoms with Crippen molar-refractivity contribution in [3.05, 3.63) is 107 Å². The van der Waals surface area contributed by atoms with Gasteiger partial charge in [-0.3, -0.25) is 4.79 Å². The van der Waals surface area contributed by atoms with Crippen molar-refractivity contribution in [1.29, 1.82) is 0 Å². The standard InChI is InChI=1S/C28H25N3O2.C2H6/c1-18-8-10-19(11-9-18)16-25(33)30-28-26(20-6-4-2-3-5-7-20)31-27-23-14-13-22(32)17-21(23)12-15-24(27)29-28;1-2/h2-11,13-14,17,20,32H,12,15-16H2,1H3,(H,29,30,33);1-2H3. The lowest BCUT2D eigenvalue weighted by Crippen LogP contribution is -2.20. The smallest absolute Gasteiger partial charge is 0.229 e. The quantitative estimate of drug-likeness (QED) is 0.479. The number of amides is 1. The SMILES string of the molecule is CC.Cc1ccc(CC(=O)Nc2nc3c(nc2C2C=CC=CC=C2)-c2ccc(O)cc2CC3)cc1. The predicted molar refractivity (Wildman–Crippen MR) is 142 cm³/mol. The van der Waals surface area contributed by atoms with Gasteiger partial charge in [-0.05, 0) is 49.1 Å². The van der Waals surface area contributed by atoms with Crippen LogP contribution >= 0.6 is 0 Å². The number of hydrogen-bond acceptors (Lipinski definition) is 4. The molecule has 0 fully saturated rings. The summed E-state index contributed by atoms with van der Waals surface area (Å²) >= 11 is 0. The van der Waals surface area contributed by atoms with E-state index in [9.17, 15) is 9.90 Å². The summed E-state index contributed by atoms with van der Waals surface area (Å²) < 4.78 is 0. The number of anilines is 1. The largest absolute Gasteiger partial charge is 0.508 e. The molecule has 0 aliphatic heterocycles. The van der Waals surface area contributed by atoms with Gasteiger partial charge in [0, 0.05) is 11.5 Å². The number of allylic oxidation sites excluding steroid dienone is 6. The van der Waals surface area contributed by atoms with Gasteiger partial charge in [-0.25, -0.2) is 9.97 Å². The van der Waals surface area contributed by atoms with E-state index in [1.165, 1.54) is 0 Å². The number of aromatic nitrogens is 2. The van der Waals surface area contributed by atoms with Crippen molar-refractivity contribution in [1.82, 2.24) is 9.97 Å². The summed E-state index contributed by atoms with van der Waals surface area (Å²) in [6, 6.07) is 13.4. The number of aromatic hydroxyl groups is 1. The van der Waals surface area contributed by atoms with Crippen LogP contribution in [-0.4, -0.2) is 21.0 Å². The Morgan fingerprint density at radius 3 is 2.40 bits per heavy atom. The second kappa shape index (κ2) is 11.0. The zero-order valence-electron chi connectivity index (χ0n) is 20.5. The van der Waals surface area contributed by atoms with Gasteiger partial charge >= 0.3 is 0 Å². The van der Waals surface area contributed by atoms with Crippen LogP contribution in [0.1, 0.15) is 47.8 Å². The molecule has 0 bridgehead atoms. The number of nitrogens with one attached hydrogen (secondary N) is 1. The van der Waals surface area contributed by atoms with Gasteiger partial charge in [0.2, 0.25) is 5.91 Å². The van der Waals surface area contributed by atoms with Gasteiger partial charge in [0.1, 0.15) is 5.75 Å². The number of aryl methyl sites for hydroxylation is 3. The normalized spacial score (nSPS) is 13.8. The first-order valence-electron chi connectivity index (χ1n) is 12.2. The van der Waals surface area contributed by atoms with E-state index in [1.807, 2.05) is 87.6 Å². The van der Waals surface area contributed by atoms with Crippen LogP contribution in [0.3, 0.4) is 0 Å². The summed E-state index contributed by atoms with van der Waals surface area (Å²) in [6.07, 6.45) is 13.8. The number of carbonyl (C=O) groups is 1. The Morgan fingerprint density at radius 2 is 1.69 bits per heavy atom. The van der Waals surface area contributed by atoms with Crippen LogP contribution in [0.2, 0.25) is 0 Å². The second-order valence-electron chi connectivity index (χ2n) is 8.49. The molecular weight excluding hydrogens is 434 g/mol. The van der Waals surface area contributed by atoms with Gasteiger partial charge in [-0.2, -0.15) is 0 Å². The van der Waals surface area contributed by atoms with Crippen LogP contribution in [0.25, 0.3) is 11.3 Å². The second-order valence-corrected chi connectivity index (χ2v) is 8.49.